The monoisotopic (exact) mass is 164 g/mol. The van der Waals surface area contributed by atoms with Crippen molar-refractivity contribution in [3.8, 4) is 0 Å². The van der Waals surface area contributed by atoms with Gasteiger partial charge in [0.1, 0.15) is 0 Å². The molecule has 0 saturated heterocycles. The molecule has 0 saturated carbocycles. The van der Waals surface area contributed by atoms with Crippen LogP contribution < -0.4 is 0 Å². The lowest BCUT2D eigenvalue weighted by atomic mass is 10.1. The van der Waals surface area contributed by atoms with E-state index in [0.717, 1.165) is 0 Å². The standard InChI is InChI=1S/C12H20/c1-5-12(4)10-8-6-7-9-11(2)3/h5,10H,1-2,6-9H2,3-4H3. The maximum Gasteiger partial charge on any atom is -0.0326 e. The Morgan fingerprint density at radius 1 is 1.25 bits per heavy atom. The average Bonchev–Trinajstić information content (AvgIpc) is 2.03. The van der Waals surface area contributed by atoms with Crippen molar-refractivity contribution < 1.29 is 0 Å². The van der Waals surface area contributed by atoms with Crippen LogP contribution in [0, 0.1) is 0 Å². The Morgan fingerprint density at radius 3 is 2.42 bits per heavy atom. The molecule has 0 nitrogen and oxygen atoms in total. The predicted molar refractivity (Wildman–Crippen MR) is 57.2 cm³/mol. The van der Waals surface area contributed by atoms with E-state index in [1.54, 1.807) is 0 Å². The molecule has 0 aliphatic carbocycles. The SMILES string of the molecule is C=CC(C)=CCCCCC(=C)C. The van der Waals surface area contributed by atoms with Gasteiger partial charge in [0, 0.05) is 0 Å². The maximum absolute atomic E-state index is 3.87. The molecular formula is C12H20. The second-order valence-corrected chi connectivity index (χ2v) is 3.36. The number of hydrogen-bond donors (Lipinski definition) is 0. The first-order valence-electron chi connectivity index (χ1n) is 4.60. The second kappa shape index (κ2) is 6.90. The van der Waals surface area contributed by atoms with E-state index in [4.69, 9.17) is 0 Å². The van der Waals surface area contributed by atoms with Crippen molar-refractivity contribution in [2.45, 2.75) is 39.5 Å². The minimum atomic E-state index is 1.17. The molecule has 0 radical (unpaired) electrons. The molecule has 0 heterocycles. The molecule has 0 N–H and O–H groups in total. The predicted octanol–water partition coefficient (Wildman–Crippen LogP) is 4.26. The van der Waals surface area contributed by atoms with Crippen LogP contribution in [-0.2, 0) is 0 Å². The van der Waals surface area contributed by atoms with Gasteiger partial charge in [-0.15, -0.1) is 6.58 Å². The van der Waals surface area contributed by atoms with Crippen molar-refractivity contribution in [2.75, 3.05) is 0 Å². The summed E-state index contributed by atoms with van der Waals surface area (Å²) in [6, 6.07) is 0. The number of hydrogen-bond acceptors (Lipinski definition) is 0. The third-order valence-corrected chi connectivity index (χ3v) is 1.85. The van der Waals surface area contributed by atoms with Gasteiger partial charge in [-0.2, -0.15) is 0 Å². The quantitative estimate of drug-likeness (QED) is 0.313. The first-order valence-corrected chi connectivity index (χ1v) is 4.60. The summed E-state index contributed by atoms with van der Waals surface area (Å²) in [5.41, 5.74) is 2.57. The van der Waals surface area contributed by atoms with Crippen molar-refractivity contribution in [3.05, 3.63) is 36.5 Å². The number of rotatable bonds is 6. The smallest absolute Gasteiger partial charge is 0.0326 e. The molecule has 0 aliphatic heterocycles. The zero-order valence-electron chi connectivity index (χ0n) is 8.40. The molecular weight excluding hydrogens is 144 g/mol. The van der Waals surface area contributed by atoms with Gasteiger partial charge in [0.25, 0.3) is 0 Å². The van der Waals surface area contributed by atoms with E-state index in [-0.39, 0.29) is 0 Å². The van der Waals surface area contributed by atoms with Gasteiger partial charge in [-0.05, 0) is 39.5 Å². The van der Waals surface area contributed by atoms with Crippen molar-refractivity contribution in [2.24, 2.45) is 0 Å². The van der Waals surface area contributed by atoms with E-state index in [9.17, 15) is 0 Å². The largest absolute Gasteiger partial charge is 0.100 e. The summed E-state index contributed by atoms with van der Waals surface area (Å²) in [7, 11) is 0. The van der Waals surface area contributed by atoms with E-state index in [2.05, 4.69) is 33.1 Å². The van der Waals surface area contributed by atoms with Gasteiger partial charge in [-0.3, -0.25) is 0 Å². The Kier molecular flexibility index (Phi) is 6.45. The molecule has 0 aromatic carbocycles. The van der Waals surface area contributed by atoms with E-state index in [1.165, 1.54) is 36.8 Å². The summed E-state index contributed by atoms with van der Waals surface area (Å²) in [4.78, 5) is 0. The Hall–Kier alpha value is -0.780. The zero-order valence-corrected chi connectivity index (χ0v) is 8.40. The lowest BCUT2D eigenvalue weighted by Crippen LogP contribution is -1.77. The highest BCUT2D eigenvalue weighted by Gasteiger charge is 1.87. The summed E-state index contributed by atoms with van der Waals surface area (Å²) >= 11 is 0. The molecule has 0 atom stereocenters. The van der Waals surface area contributed by atoms with Crippen LogP contribution in [0.5, 0.6) is 0 Å². The summed E-state index contributed by atoms with van der Waals surface area (Å²) in [6.45, 7) is 11.8. The van der Waals surface area contributed by atoms with Crippen LogP contribution >= 0.6 is 0 Å². The van der Waals surface area contributed by atoms with Crippen LogP contribution in [-0.4, -0.2) is 0 Å². The van der Waals surface area contributed by atoms with Crippen LogP contribution in [0.2, 0.25) is 0 Å². The summed E-state index contributed by atoms with van der Waals surface area (Å²) in [5.74, 6) is 0. The Morgan fingerprint density at radius 2 is 1.92 bits per heavy atom. The first-order chi connectivity index (χ1) is 5.66. The van der Waals surface area contributed by atoms with E-state index in [0.29, 0.717) is 0 Å². The van der Waals surface area contributed by atoms with Crippen molar-refractivity contribution in [3.63, 3.8) is 0 Å². The third-order valence-electron chi connectivity index (χ3n) is 1.85. The molecule has 0 spiro atoms. The van der Waals surface area contributed by atoms with Crippen LogP contribution in [0.25, 0.3) is 0 Å². The topological polar surface area (TPSA) is 0 Å². The van der Waals surface area contributed by atoms with E-state index >= 15 is 0 Å². The van der Waals surface area contributed by atoms with Crippen LogP contribution in [0.15, 0.2) is 36.5 Å². The molecule has 0 unspecified atom stereocenters. The molecule has 0 aromatic rings. The first kappa shape index (κ1) is 11.2. The second-order valence-electron chi connectivity index (χ2n) is 3.36. The van der Waals surface area contributed by atoms with Crippen molar-refractivity contribution in [1.29, 1.82) is 0 Å². The van der Waals surface area contributed by atoms with Gasteiger partial charge < -0.3 is 0 Å². The Labute approximate surface area is 76.7 Å². The molecule has 0 amide bonds. The average molecular weight is 164 g/mol. The fraction of sp³-hybridized carbons (Fsp3) is 0.500. The van der Waals surface area contributed by atoms with Crippen molar-refractivity contribution in [1.82, 2.24) is 0 Å². The molecule has 68 valence electrons. The zero-order chi connectivity index (χ0) is 9.40. The fourth-order valence-electron chi connectivity index (χ4n) is 0.984. The molecule has 12 heavy (non-hydrogen) atoms. The van der Waals surface area contributed by atoms with Gasteiger partial charge >= 0.3 is 0 Å². The van der Waals surface area contributed by atoms with Crippen LogP contribution in [0.4, 0.5) is 0 Å². The minimum Gasteiger partial charge on any atom is -0.100 e. The summed E-state index contributed by atoms with van der Waals surface area (Å²) < 4.78 is 0. The Balaban J connectivity index is 3.32. The van der Waals surface area contributed by atoms with Gasteiger partial charge in [0.2, 0.25) is 0 Å². The molecule has 0 aromatic heterocycles. The van der Waals surface area contributed by atoms with E-state index < -0.39 is 0 Å². The summed E-state index contributed by atoms with van der Waals surface area (Å²) in [5, 5.41) is 0. The lowest BCUT2D eigenvalue weighted by molar-refractivity contribution is 0.742. The highest BCUT2D eigenvalue weighted by atomic mass is 13.9. The van der Waals surface area contributed by atoms with Gasteiger partial charge in [0.05, 0.1) is 0 Å². The molecule has 0 aliphatic rings. The van der Waals surface area contributed by atoms with Gasteiger partial charge in [0.15, 0.2) is 0 Å². The van der Waals surface area contributed by atoms with Gasteiger partial charge in [-0.25, -0.2) is 0 Å². The lowest BCUT2D eigenvalue weighted by Gasteiger charge is -1.97. The minimum absolute atomic E-state index is 1.17. The Bertz CT molecular complexity index is 172. The molecule has 0 rings (SSSR count). The van der Waals surface area contributed by atoms with Gasteiger partial charge in [-0.1, -0.05) is 29.9 Å². The van der Waals surface area contributed by atoms with Crippen molar-refractivity contribution >= 4 is 0 Å². The van der Waals surface area contributed by atoms with Crippen LogP contribution in [0.1, 0.15) is 39.5 Å². The normalized spacial score (nSPS) is 11.3. The fourth-order valence-corrected chi connectivity index (χ4v) is 0.984. The molecule has 0 fully saturated rings. The summed E-state index contributed by atoms with van der Waals surface area (Å²) in [6.07, 6.45) is 9.00. The van der Waals surface area contributed by atoms with Crippen LogP contribution in [0.3, 0.4) is 0 Å². The number of allylic oxidation sites excluding steroid dienone is 4. The van der Waals surface area contributed by atoms with E-state index in [1.807, 2.05) is 6.08 Å². The highest BCUT2D eigenvalue weighted by molar-refractivity contribution is 5.12. The number of unbranched alkanes of at least 4 members (excludes halogenated alkanes) is 2. The molecule has 0 heteroatoms. The molecule has 0 bridgehead atoms. The maximum atomic E-state index is 3.87. The third kappa shape index (κ3) is 7.33. The highest BCUT2D eigenvalue weighted by Crippen LogP contribution is 2.07.